The van der Waals surface area contributed by atoms with Crippen LogP contribution in [0.15, 0.2) is 23.1 Å². The number of benzene rings is 1. The molecule has 0 bridgehead atoms. The zero-order valence-corrected chi connectivity index (χ0v) is 24.5. The Morgan fingerprint density at radius 2 is 1.25 bits per heavy atom. The van der Waals surface area contributed by atoms with E-state index in [0.717, 1.165) is 37.3 Å². The van der Waals surface area contributed by atoms with Crippen LogP contribution in [0.4, 0.5) is 0 Å². The fraction of sp³-hybridized carbons (Fsp3) is 0.652. The molecule has 2 aliphatic heterocycles. The molecule has 0 N–H and O–H groups in total. The second-order valence-electron chi connectivity index (χ2n) is 7.66. The molecule has 2 heterocycles. The molecule has 0 unspecified atom stereocenters. The van der Waals surface area contributed by atoms with Crippen molar-refractivity contribution in [1.29, 1.82) is 0 Å². The minimum absolute atomic E-state index is 0. The Morgan fingerprint density at radius 1 is 0.875 bits per heavy atom. The first-order chi connectivity index (χ1) is 13.1. The monoisotopic (exact) mass is 574 g/mol. The van der Waals surface area contributed by atoms with Gasteiger partial charge in [0.05, 0.1) is 4.90 Å². The number of aryl methyl sites for hydroxylation is 1. The summed E-state index contributed by atoms with van der Waals surface area (Å²) in [5.74, 6) is 0. The Labute approximate surface area is 225 Å². The Kier molecular flexibility index (Phi) is 26.3. The summed E-state index contributed by atoms with van der Waals surface area (Å²) < 4.78 is 44.0. The first-order valence-electron chi connectivity index (χ1n) is 10.1. The van der Waals surface area contributed by atoms with Crippen LogP contribution in [-0.4, -0.2) is 50.7 Å². The van der Waals surface area contributed by atoms with Crippen molar-refractivity contribution in [2.75, 3.05) is 26.4 Å². The molecule has 2 fully saturated rings. The molecule has 2 saturated heterocycles. The summed E-state index contributed by atoms with van der Waals surface area (Å²) in [6.07, 6.45) is 5.11. The van der Waals surface area contributed by atoms with Crippen LogP contribution in [0.1, 0.15) is 58.9 Å². The molecule has 32 heavy (non-hydrogen) atoms. The van der Waals surface area contributed by atoms with Crippen LogP contribution in [0.25, 0.3) is 0 Å². The van der Waals surface area contributed by atoms with Gasteiger partial charge < -0.3 is 28.9 Å². The van der Waals surface area contributed by atoms with Gasteiger partial charge in [-0.25, -0.2) is 8.42 Å². The van der Waals surface area contributed by atoms with Gasteiger partial charge in [-0.1, -0.05) is 53.3 Å². The number of ether oxygens (including phenoxy) is 2. The van der Waals surface area contributed by atoms with Gasteiger partial charge in [0.1, 0.15) is 10.1 Å². The van der Waals surface area contributed by atoms with Gasteiger partial charge in [0.2, 0.25) is 0 Å². The third kappa shape index (κ3) is 15.6. The number of hydrogen-bond acceptors (Lipinski definition) is 5. The molecule has 5 nitrogen and oxygen atoms in total. The Balaban J connectivity index is -0.000000232. The van der Waals surface area contributed by atoms with Gasteiger partial charge in [-0.15, -0.1) is 0 Å². The zero-order valence-electron chi connectivity index (χ0n) is 21.3. The Hall–Kier alpha value is 0.740. The third-order valence-electron chi connectivity index (χ3n) is 4.43. The van der Waals surface area contributed by atoms with E-state index in [-0.39, 0.29) is 59.0 Å². The summed E-state index contributed by atoms with van der Waals surface area (Å²) in [7, 11) is -5.05. The van der Waals surface area contributed by atoms with Gasteiger partial charge in [0, 0.05) is 26.4 Å². The third-order valence-corrected chi connectivity index (χ3v) is 8.63. The van der Waals surface area contributed by atoms with Gasteiger partial charge in [-0.05, 0) is 55.3 Å². The van der Waals surface area contributed by atoms with Gasteiger partial charge in [-0.3, -0.25) is 0 Å². The number of hydrogen-bond donors (Lipinski definition) is 0. The molecule has 2 aliphatic rings. The second kappa shape index (κ2) is 21.1. The standard InChI is InChI=1S/C13H21O3PS.2C4H8O.2CH3.Li.Pd/c1-9(2)17(10(3)4)12-8-11(5)6-7-13(12)18(14,15)16;2*1-2-4-5-3-1;;;;/h6-10H,1-5H3,(H,14,15,16);2*1-4H2;2*1H3;;/q;;;2*-1;+1;+2/p-1. The van der Waals surface area contributed by atoms with E-state index in [1.54, 1.807) is 6.07 Å². The minimum Gasteiger partial charge on any atom is -0.744 e. The van der Waals surface area contributed by atoms with E-state index < -0.39 is 18.0 Å². The Bertz CT molecular complexity index is 646. The second-order valence-corrected chi connectivity index (χ2v) is 12.4. The SMILES string of the molecule is C1CCOC1.C1CCOC1.Cc1ccc(S(=O)(=O)[O-])c(P(C(C)C)C(C)C)c1.[CH3-].[CH3-].[Li+].[Pd+2]. The minimum atomic E-state index is -4.40. The fourth-order valence-corrected chi connectivity index (χ4v) is 7.40. The molecule has 1 aromatic rings. The summed E-state index contributed by atoms with van der Waals surface area (Å²) in [4.78, 5) is -0.0402. The van der Waals surface area contributed by atoms with Crippen LogP contribution in [0.3, 0.4) is 0 Å². The molecule has 0 amide bonds. The van der Waals surface area contributed by atoms with Crippen LogP contribution in [-0.2, 0) is 40.0 Å². The fourth-order valence-electron chi connectivity index (χ4n) is 3.21. The van der Waals surface area contributed by atoms with Crippen LogP contribution < -0.4 is 24.2 Å². The van der Waals surface area contributed by atoms with Crippen molar-refractivity contribution >= 4 is 23.3 Å². The van der Waals surface area contributed by atoms with Crippen molar-refractivity contribution in [3.63, 3.8) is 0 Å². The predicted octanol–water partition coefficient (Wildman–Crippen LogP) is 2.32. The largest absolute Gasteiger partial charge is 2.00 e. The van der Waals surface area contributed by atoms with E-state index in [4.69, 9.17) is 9.47 Å². The van der Waals surface area contributed by atoms with E-state index in [9.17, 15) is 13.0 Å². The van der Waals surface area contributed by atoms with Gasteiger partial charge in [0.25, 0.3) is 0 Å². The summed E-state index contributed by atoms with van der Waals surface area (Å²) in [6.45, 7) is 14.2. The van der Waals surface area contributed by atoms with Crippen molar-refractivity contribution in [2.45, 2.75) is 76.5 Å². The van der Waals surface area contributed by atoms with Crippen molar-refractivity contribution in [3.8, 4) is 0 Å². The smallest absolute Gasteiger partial charge is 0.744 e. The first kappa shape index (κ1) is 39.9. The Morgan fingerprint density at radius 3 is 1.50 bits per heavy atom. The summed E-state index contributed by atoms with van der Waals surface area (Å²) in [5.41, 5.74) is 1.69. The molecule has 0 spiro atoms. The molecule has 9 heteroatoms. The molecule has 0 radical (unpaired) electrons. The maximum absolute atomic E-state index is 11.4. The van der Waals surface area contributed by atoms with Gasteiger partial charge in [-0.2, -0.15) is 0 Å². The molecule has 0 atom stereocenters. The topological polar surface area (TPSA) is 75.7 Å². The van der Waals surface area contributed by atoms with E-state index in [1.165, 1.54) is 31.7 Å². The predicted molar refractivity (Wildman–Crippen MR) is 129 cm³/mol. The molecule has 186 valence electrons. The van der Waals surface area contributed by atoms with Crippen molar-refractivity contribution in [2.24, 2.45) is 0 Å². The maximum atomic E-state index is 11.4. The van der Waals surface area contributed by atoms with Gasteiger partial charge >= 0.3 is 39.3 Å². The van der Waals surface area contributed by atoms with Crippen molar-refractivity contribution in [3.05, 3.63) is 38.6 Å². The van der Waals surface area contributed by atoms with E-state index in [0.29, 0.717) is 11.3 Å². The molecule has 0 aromatic heterocycles. The van der Waals surface area contributed by atoms with Crippen molar-refractivity contribution in [1.82, 2.24) is 0 Å². The zero-order chi connectivity index (χ0) is 21.2. The molecular weight excluding hydrogens is 533 g/mol. The molecule has 1 aromatic carbocycles. The van der Waals surface area contributed by atoms with Crippen molar-refractivity contribution < 1.29 is 61.7 Å². The normalized spacial score (nSPS) is 14.7. The van der Waals surface area contributed by atoms with Crippen LogP contribution in [0, 0.1) is 21.8 Å². The molecule has 3 rings (SSSR count). The summed E-state index contributed by atoms with van der Waals surface area (Å²) in [5, 5.41) is 0.727. The van der Waals surface area contributed by atoms with E-state index in [2.05, 4.69) is 27.7 Å². The number of rotatable bonds is 4. The molecule has 0 aliphatic carbocycles. The van der Waals surface area contributed by atoms with Gasteiger partial charge in [0.15, 0.2) is 0 Å². The summed E-state index contributed by atoms with van der Waals surface area (Å²) in [6, 6.07) is 4.99. The summed E-state index contributed by atoms with van der Waals surface area (Å²) >= 11 is 0. The molecular formula is C23H42LiO5PPdS. The molecule has 0 saturated carbocycles. The van der Waals surface area contributed by atoms with Crippen LogP contribution in [0.2, 0.25) is 0 Å². The maximum Gasteiger partial charge on any atom is 2.00 e. The average molecular weight is 575 g/mol. The van der Waals surface area contributed by atoms with E-state index in [1.807, 2.05) is 13.0 Å². The van der Waals surface area contributed by atoms with E-state index >= 15 is 0 Å². The first-order valence-corrected chi connectivity index (χ1v) is 13.0. The average Bonchev–Trinajstić information content (AvgIpc) is 3.32. The van der Waals surface area contributed by atoms with Crippen LogP contribution >= 0.6 is 7.92 Å². The van der Waals surface area contributed by atoms with Crippen LogP contribution in [0.5, 0.6) is 0 Å². The quantitative estimate of drug-likeness (QED) is 0.239.